The minimum atomic E-state index is -0.0933. The molecule has 18 heavy (non-hydrogen) atoms. The van der Waals surface area contributed by atoms with E-state index in [9.17, 15) is 4.79 Å². The van der Waals surface area contributed by atoms with Gasteiger partial charge in [-0.05, 0) is 17.5 Å². The first-order chi connectivity index (χ1) is 8.40. The SMILES string of the molecule is COCCOc1c(C=O)cc(Br)cc1C(C)(C)C. The summed E-state index contributed by atoms with van der Waals surface area (Å²) in [6.07, 6.45) is 0.822. The number of carbonyl (C=O) groups is 1. The van der Waals surface area contributed by atoms with Gasteiger partial charge >= 0.3 is 0 Å². The van der Waals surface area contributed by atoms with Gasteiger partial charge in [-0.2, -0.15) is 0 Å². The molecule has 0 unspecified atom stereocenters. The summed E-state index contributed by atoms with van der Waals surface area (Å²) >= 11 is 3.42. The number of hydrogen-bond acceptors (Lipinski definition) is 3. The predicted molar refractivity (Wildman–Crippen MR) is 75.6 cm³/mol. The van der Waals surface area contributed by atoms with Crippen molar-refractivity contribution >= 4 is 22.2 Å². The van der Waals surface area contributed by atoms with Crippen molar-refractivity contribution < 1.29 is 14.3 Å². The van der Waals surface area contributed by atoms with E-state index in [1.54, 1.807) is 13.2 Å². The van der Waals surface area contributed by atoms with Crippen molar-refractivity contribution in [1.29, 1.82) is 0 Å². The van der Waals surface area contributed by atoms with Crippen molar-refractivity contribution in [3.8, 4) is 5.75 Å². The maximum absolute atomic E-state index is 11.2. The molecule has 4 heteroatoms. The van der Waals surface area contributed by atoms with Gasteiger partial charge in [0.2, 0.25) is 0 Å². The molecule has 0 aliphatic rings. The fraction of sp³-hybridized carbons (Fsp3) is 0.500. The Morgan fingerprint density at radius 2 is 1.94 bits per heavy atom. The second kappa shape index (κ2) is 6.34. The van der Waals surface area contributed by atoms with Crippen molar-refractivity contribution in [2.45, 2.75) is 26.2 Å². The van der Waals surface area contributed by atoms with Gasteiger partial charge in [0.1, 0.15) is 12.4 Å². The molecular formula is C14H19BrO3. The molecule has 1 rings (SSSR count). The molecule has 0 radical (unpaired) electrons. The van der Waals surface area contributed by atoms with Crippen LogP contribution < -0.4 is 4.74 Å². The summed E-state index contributed by atoms with van der Waals surface area (Å²) in [6, 6.07) is 3.76. The molecule has 0 aliphatic carbocycles. The zero-order chi connectivity index (χ0) is 13.8. The van der Waals surface area contributed by atoms with Gasteiger partial charge in [-0.15, -0.1) is 0 Å². The van der Waals surface area contributed by atoms with Crippen molar-refractivity contribution in [3.63, 3.8) is 0 Å². The summed E-state index contributed by atoms with van der Waals surface area (Å²) < 4.78 is 11.6. The molecule has 0 atom stereocenters. The molecule has 0 aliphatic heterocycles. The van der Waals surface area contributed by atoms with E-state index >= 15 is 0 Å². The van der Waals surface area contributed by atoms with E-state index in [2.05, 4.69) is 36.7 Å². The second-order valence-corrected chi connectivity index (χ2v) is 6.00. The average Bonchev–Trinajstić information content (AvgIpc) is 2.29. The Kier molecular flexibility index (Phi) is 5.35. The van der Waals surface area contributed by atoms with Crippen LogP contribution in [-0.2, 0) is 10.2 Å². The van der Waals surface area contributed by atoms with E-state index in [1.807, 2.05) is 6.07 Å². The van der Waals surface area contributed by atoms with Crippen LogP contribution in [-0.4, -0.2) is 26.6 Å². The number of benzene rings is 1. The monoisotopic (exact) mass is 314 g/mol. The van der Waals surface area contributed by atoms with Crippen molar-refractivity contribution in [3.05, 3.63) is 27.7 Å². The van der Waals surface area contributed by atoms with E-state index in [0.29, 0.717) is 24.5 Å². The van der Waals surface area contributed by atoms with Gasteiger partial charge in [-0.25, -0.2) is 0 Å². The highest BCUT2D eigenvalue weighted by Crippen LogP contribution is 2.36. The van der Waals surface area contributed by atoms with Gasteiger partial charge in [-0.3, -0.25) is 4.79 Å². The summed E-state index contributed by atoms with van der Waals surface area (Å²) in [5.41, 5.74) is 1.48. The minimum absolute atomic E-state index is 0.0933. The molecule has 0 saturated heterocycles. The summed E-state index contributed by atoms with van der Waals surface area (Å²) in [4.78, 5) is 11.2. The van der Waals surface area contributed by atoms with Gasteiger partial charge in [0, 0.05) is 17.1 Å². The van der Waals surface area contributed by atoms with Gasteiger partial charge in [0.25, 0.3) is 0 Å². The van der Waals surface area contributed by atoms with Crippen LogP contribution in [0.3, 0.4) is 0 Å². The molecule has 0 bridgehead atoms. The highest BCUT2D eigenvalue weighted by atomic mass is 79.9. The molecule has 0 heterocycles. The number of aldehydes is 1. The quantitative estimate of drug-likeness (QED) is 0.615. The van der Waals surface area contributed by atoms with Crippen LogP contribution in [0.25, 0.3) is 0 Å². The Balaban J connectivity index is 3.20. The van der Waals surface area contributed by atoms with Gasteiger partial charge < -0.3 is 9.47 Å². The zero-order valence-electron chi connectivity index (χ0n) is 11.2. The van der Waals surface area contributed by atoms with Crippen LogP contribution in [0, 0.1) is 0 Å². The average molecular weight is 315 g/mol. The maximum atomic E-state index is 11.2. The number of methoxy groups -OCH3 is 1. The zero-order valence-corrected chi connectivity index (χ0v) is 12.8. The summed E-state index contributed by atoms with van der Waals surface area (Å²) in [5, 5.41) is 0. The summed E-state index contributed by atoms with van der Waals surface area (Å²) in [7, 11) is 1.62. The van der Waals surface area contributed by atoms with Gasteiger partial charge in [0.05, 0.1) is 12.2 Å². The Bertz CT molecular complexity index is 422. The molecule has 1 aromatic carbocycles. The van der Waals surface area contributed by atoms with Gasteiger partial charge in [-0.1, -0.05) is 36.7 Å². The van der Waals surface area contributed by atoms with Crippen molar-refractivity contribution in [2.24, 2.45) is 0 Å². The van der Waals surface area contributed by atoms with Crippen LogP contribution in [0.1, 0.15) is 36.7 Å². The highest BCUT2D eigenvalue weighted by molar-refractivity contribution is 9.10. The largest absolute Gasteiger partial charge is 0.490 e. The van der Waals surface area contributed by atoms with Crippen LogP contribution in [0.5, 0.6) is 5.75 Å². The lowest BCUT2D eigenvalue weighted by Gasteiger charge is -2.24. The lowest BCUT2D eigenvalue weighted by atomic mass is 9.85. The number of rotatable bonds is 5. The Labute approximate surface area is 117 Å². The minimum Gasteiger partial charge on any atom is -0.490 e. The number of hydrogen-bond donors (Lipinski definition) is 0. The molecule has 1 aromatic rings. The van der Waals surface area contributed by atoms with E-state index in [0.717, 1.165) is 16.3 Å². The van der Waals surface area contributed by atoms with Crippen LogP contribution in [0.15, 0.2) is 16.6 Å². The van der Waals surface area contributed by atoms with Crippen molar-refractivity contribution in [1.82, 2.24) is 0 Å². The van der Waals surface area contributed by atoms with E-state index in [4.69, 9.17) is 9.47 Å². The lowest BCUT2D eigenvalue weighted by Crippen LogP contribution is -2.16. The van der Waals surface area contributed by atoms with Crippen LogP contribution in [0.4, 0.5) is 0 Å². The molecule has 100 valence electrons. The molecule has 0 aromatic heterocycles. The maximum Gasteiger partial charge on any atom is 0.153 e. The predicted octanol–water partition coefficient (Wildman–Crippen LogP) is 3.58. The lowest BCUT2D eigenvalue weighted by molar-refractivity contribution is 0.111. The molecule has 0 saturated carbocycles. The number of carbonyl (C=O) groups excluding carboxylic acids is 1. The summed E-state index contributed by atoms with van der Waals surface area (Å²) in [6.45, 7) is 7.20. The molecular weight excluding hydrogens is 296 g/mol. The standard InChI is InChI=1S/C14H19BrO3/c1-14(2,3)12-8-11(15)7-10(9-16)13(12)18-6-5-17-4/h7-9H,5-6H2,1-4H3. The normalized spacial score (nSPS) is 11.4. The fourth-order valence-electron chi connectivity index (χ4n) is 1.65. The molecule has 3 nitrogen and oxygen atoms in total. The highest BCUT2D eigenvalue weighted by Gasteiger charge is 2.22. The van der Waals surface area contributed by atoms with Crippen LogP contribution in [0.2, 0.25) is 0 Å². The first-order valence-corrected chi connectivity index (χ1v) is 6.60. The van der Waals surface area contributed by atoms with Crippen LogP contribution >= 0.6 is 15.9 Å². The number of ether oxygens (including phenoxy) is 2. The first-order valence-electron chi connectivity index (χ1n) is 5.81. The smallest absolute Gasteiger partial charge is 0.153 e. The van der Waals surface area contributed by atoms with E-state index < -0.39 is 0 Å². The first kappa shape index (κ1) is 15.2. The third-order valence-electron chi connectivity index (χ3n) is 2.55. The second-order valence-electron chi connectivity index (χ2n) is 5.08. The molecule has 0 fully saturated rings. The molecule has 0 N–H and O–H groups in total. The van der Waals surface area contributed by atoms with E-state index in [1.165, 1.54) is 0 Å². The Hall–Kier alpha value is -0.870. The Morgan fingerprint density at radius 1 is 1.28 bits per heavy atom. The fourth-order valence-corrected chi connectivity index (χ4v) is 2.12. The topological polar surface area (TPSA) is 35.5 Å². The molecule has 0 spiro atoms. The number of halogens is 1. The molecule has 0 amide bonds. The van der Waals surface area contributed by atoms with E-state index in [-0.39, 0.29) is 5.41 Å². The Morgan fingerprint density at radius 3 is 2.44 bits per heavy atom. The van der Waals surface area contributed by atoms with Crippen molar-refractivity contribution in [2.75, 3.05) is 20.3 Å². The third-order valence-corrected chi connectivity index (χ3v) is 3.01. The van der Waals surface area contributed by atoms with Gasteiger partial charge in [0.15, 0.2) is 6.29 Å². The third kappa shape index (κ3) is 3.82. The summed E-state index contributed by atoms with van der Waals surface area (Å²) in [5.74, 6) is 0.651.